The largest absolute Gasteiger partial charge is 0.271 e. The highest BCUT2D eigenvalue weighted by atomic mass is 15.4. The summed E-state index contributed by atoms with van der Waals surface area (Å²) < 4.78 is 1.78. The molecule has 0 spiro atoms. The molecule has 1 unspecified atom stereocenters. The zero-order chi connectivity index (χ0) is 14.7. The van der Waals surface area contributed by atoms with Crippen LogP contribution in [0.3, 0.4) is 0 Å². The van der Waals surface area contributed by atoms with Gasteiger partial charge in [0.2, 0.25) is 0 Å². The molecule has 0 aliphatic heterocycles. The van der Waals surface area contributed by atoms with E-state index in [1.807, 2.05) is 49.5 Å². The Morgan fingerprint density at radius 1 is 1.14 bits per heavy atom. The summed E-state index contributed by atoms with van der Waals surface area (Å²) in [5, 5.41) is 8.19. The first-order valence-corrected chi connectivity index (χ1v) is 6.64. The minimum absolute atomic E-state index is 0.205. The summed E-state index contributed by atoms with van der Waals surface area (Å²) >= 11 is 0. The van der Waals surface area contributed by atoms with Crippen LogP contribution in [0, 0.1) is 6.92 Å². The van der Waals surface area contributed by atoms with Crippen LogP contribution in [0.25, 0.3) is 5.69 Å². The second-order valence-corrected chi connectivity index (χ2v) is 4.74. The fourth-order valence-corrected chi connectivity index (χ4v) is 2.35. The van der Waals surface area contributed by atoms with Crippen molar-refractivity contribution in [1.29, 1.82) is 0 Å². The van der Waals surface area contributed by atoms with Crippen LogP contribution in [-0.2, 0) is 0 Å². The van der Waals surface area contributed by atoms with E-state index in [0.717, 1.165) is 22.5 Å². The van der Waals surface area contributed by atoms with Gasteiger partial charge in [0.05, 0.1) is 23.6 Å². The number of hydrogen-bond donors (Lipinski definition) is 2. The summed E-state index contributed by atoms with van der Waals surface area (Å²) in [6, 6.07) is 11.6. The SMILES string of the molecule is Cc1cnccc1C(NN)c1cnnn1-c1ccccc1. The van der Waals surface area contributed by atoms with Crippen molar-refractivity contribution in [2.45, 2.75) is 13.0 Å². The Bertz CT molecular complexity index is 722. The molecule has 0 aliphatic carbocycles. The van der Waals surface area contributed by atoms with Gasteiger partial charge in [0, 0.05) is 12.4 Å². The van der Waals surface area contributed by atoms with Crippen molar-refractivity contribution >= 4 is 0 Å². The third-order valence-electron chi connectivity index (χ3n) is 3.41. The summed E-state index contributed by atoms with van der Waals surface area (Å²) in [6.07, 6.45) is 5.29. The average molecular weight is 280 g/mol. The van der Waals surface area contributed by atoms with Gasteiger partial charge in [-0.2, -0.15) is 0 Å². The maximum Gasteiger partial charge on any atom is 0.0902 e. The van der Waals surface area contributed by atoms with Crippen molar-refractivity contribution in [3.05, 3.63) is 71.8 Å². The predicted octanol–water partition coefficient (Wildman–Crippen LogP) is 1.52. The van der Waals surface area contributed by atoms with E-state index in [1.165, 1.54) is 0 Å². The van der Waals surface area contributed by atoms with Gasteiger partial charge < -0.3 is 0 Å². The minimum atomic E-state index is -0.205. The van der Waals surface area contributed by atoms with E-state index < -0.39 is 0 Å². The van der Waals surface area contributed by atoms with E-state index >= 15 is 0 Å². The molecule has 0 fully saturated rings. The first kappa shape index (κ1) is 13.4. The highest BCUT2D eigenvalue weighted by Gasteiger charge is 2.20. The van der Waals surface area contributed by atoms with Gasteiger partial charge in [-0.05, 0) is 36.2 Å². The fraction of sp³-hybridized carbons (Fsp3) is 0.133. The van der Waals surface area contributed by atoms with Crippen molar-refractivity contribution in [3.63, 3.8) is 0 Å². The van der Waals surface area contributed by atoms with Crippen molar-refractivity contribution < 1.29 is 0 Å². The quantitative estimate of drug-likeness (QED) is 0.559. The number of pyridine rings is 1. The molecular formula is C15H16N6. The maximum absolute atomic E-state index is 5.77. The third kappa shape index (κ3) is 2.54. The Labute approximate surface area is 122 Å². The second-order valence-electron chi connectivity index (χ2n) is 4.74. The van der Waals surface area contributed by atoms with Crippen LogP contribution in [0.4, 0.5) is 0 Å². The van der Waals surface area contributed by atoms with Crippen LogP contribution >= 0.6 is 0 Å². The molecule has 6 nitrogen and oxygen atoms in total. The molecule has 106 valence electrons. The zero-order valence-corrected chi connectivity index (χ0v) is 11.6. The van der Waals surface area contributed by atoms with Crippen LogP contribution in [0.2, 0.25) is 0 Å². The number of nitrogens with two attached hydrogens (primary N) is 1. The molecule has 21 heavy (non-hydrogen) atoms. The predicted molar refractivity (Wildman–Crippen MR) is 79.5 cm³/mol. The monoisotopic (exact) mass is 280 g/mol. The van der Waals surface area contributed by atoms with Crippen molar-refractivity contribution in [2.24, 2.45) is 5.84 Å². The van der Waals surface area contributed by atoms with E-state index in [9.17, 15) is 0 Å². The van der Waals surface area contributed by atoms with Crippen LogP contribution in [0.1, 0.15) is 22.9 Å². The van der Waals surface area contributed by atoms with Crippen LogP contribution in [-0.4, -0.2) is 20.0 Å². The Hall–Kier alpha value is -2.57. The first-order valence-electron chi connectivity index (χ1n) is 6.64. The highest BCUT2D eigenvalue weighted by molar-refractivity contribution is 5.37. The average Bonchev–Trinajstić information content (AvgIpc) is 3.00. The maximum atomic E-state index is 5.77. The van der Waals surface area contributed by atoms with Crippen LogP contribution in [0.5, 0.6) is 0 Å². The zero-order valence-electron chi connectivity index (χ0n) is 11.6. The lowest BCUT2D eigenvalue weighted by Gasteiger charge is -2.19. The third-order valence-corrected chi connectivity index (χ3v) is 3.41. The van der Waals surface area contributed by atoms with Gasteiger partial charge in [-0.25, -0.2) is 10.1 Å². The summed E-state index contributed by atoms with van der Waals surface area (Å²) in [7, 11) is 0. The van der Waals surface area contributed by atoms with Gasteiger partial charge in [0.15, 0.2) is 0 Å². The van der Waals surface area contributed by atoms with E-state index in [4.69, 9.17) is 5.84 Å². The normalized spacial score (nSPS) is 12.3. The van der Waals surface area contributed by atoms with E-state index in [-0.39, 0.29) is 6.04 Å². The number of aromatic nitrogens is 4. The van der Waals surface area contributed by atoms with E-state index in [0.29, 0.717) is 0 Å². The lowest BCUT2D eigenvalue weighted by Crippen LogP contribution is -2.31. The molecule has 3 rings (SSSR count). The molecular weight excluding hydrogens is 264 g/mol. The van der Waals surface area contributed by atoms with Crippen molar-refractivity contribution in [2.75, 3.05) is 0 Å². The van der Waals surface area contributed by atoms with Gasteiger partial charge in [-0.1, -0.05) is 23.4 Å². The number of benzene rings is 1. The lowest BCUT2D eigenvalue weighted by molar-refractivity contribution is 0.592. The Kier molecular flexibility index (Phi) is 3.72. The molecule has 2 aromatic heterocycles. The molecule has 0 saturated carbocycles. The van der Waals surface area contributed by atoms with E-state index in [2.05, 4.69) is 20.7 Å². The van der Waals surface area contributed by atoms with Crippen molar-refractivity contribution in [1.82, 2.24) is 25.4 Å². The number of nitrogens with one attached hydrogen (secondary N) is 1. The fourth-order valence-electron chi connectivity index (χ4n) is 2.35. The summed E-state index contributed by atoms with van der Waals surface area (Å²) in [5.41, 5.74) is 6.76. The number of aryl methyl sites for hydroxylation is 1. The first-order chi connectivity index (χ1) is 10.3. The molecule has 0 aliphatic rings. The number of nitrogens with zero attached hydrogens (tertiary/aromatic N) is 4. The van der Waals surface area contributed by atoms with Gasteiger partial charge in [-0.15, -0.1) is 5.10 Å². The van der Waals surface area contributed by atoms with Gasteiger partial charge in [0.25, 0.3) is 0 Å². The van der Waals surface area contributed by atoms with E-state index in [1.54, 1.807) is 17.1 Å². The Balaban J connectivity index is 2.08. The molecule has 3 N–H and O–H groups in total. The number of rotatable bonds is 4. The molecule has 0 bridgehead atoms. The lowest BCUT2D eigenvalue weighted by atomic mass is 10.0. The standard InChI is InChI=1S/C15H16N6/c1-11-9-17-8-7-13(11)15(19-16)14-10-18-20-21(14)12-5-3-2-4-6-12/h2-10,15,19H,16H2,1H3. The Morgan fingerprint density at radius 3 is 2.67 bits per heavy atom. The molecule has 0 saturated heterocycles. The van der Waals surface area contributed by atoms with Gasteiger partial charge in [0.1, 0.15) is 0 Å². The molecule has 3 aromatic rings. The molecule has 2 heterocycles. The van der Waals surface area contributed by atoms with Crippen molar-refractivity contribution in [3.8, 4) is 5.69 Å². The van der Waals surface area contributed by atoms with Gasteiger partial charge in [-0.3, -0.25) is 10.8 Å². The minimum Gasteiger partial charge on any atom is -0.271 e. The smallest absolute Gasteiger partial charge is 0.0902 e. The molecule has 0 radical (unpaired) electrons. The van der Waals surface area contributed by atoms with Crippen LogP contribution < -0.4 is 11.3 Å². The van der Waals surface area contributed by atoms with Gasteiger partial charge >= 0.3 is 0 Å². The molecule has 1 atom stereocenters. The molecule has 6 heteroatoms. The number of para-hydroxylation sites is 1. The number of hydrogen-bond acceptors (Lipinski definition) is 5. The summed E-state index contributed by atoms with van der Waals surface area (Å²) in [4.78, 5) is 4.12. The molecule has 1 aromatic carbocycles. The highest BCUT2D eigenvalue weighted by Crippen LogP contribution is 2.24. The second kappa shape index (κ2) is 5.82. The topological polar surface area (TPSA) is 81.7 Å². The summed E-state index contributed by atoms with van der Waals surface area (Å²) in [5.74, 6) is 5.77. The Morgan fingerprint density at radius 2 is 1.95 bits per heavy atom. The molecule has 0 amide bonds. The number of hydrazine groups is 1. The van der Waals surface area contributed by atoms with Crippen LogP contribution in [0.15, 0.2) is 55.0 Å². The summed E-state index contributed by atoms with van der Waals surface area (Å²) in [6.45, 7) is 2.00.